The van der Waals surface area contributed by atoms with E-state index in [9.17, 15) is 9.90 Å². The van der Waals surface area contributed by atoms with Crippen LogP contribution in [0.15, 0.2) is 5.38 Å². The van der Waals surface area contributed by atoms with Crippen LogP contribution in [0.4, 0.5) is 0 Å². The number of esters is 1. The molecule has 1 fully saturated rings. The molecule has 2 rings (SSSR count). The Morgan fingerprint density at radius 1 is 1.73 bits per heavy atom. The lowest BCUT2D eigenvalue weighted by atomic mass is 9.96. The van der Waals surface area contributed by atoms with E-state index in [0.29, 0.717) is 0 Å². The van der Waals surface area contributed by atoms with E-state index in [1.165, 1.54) is 18.4 Å². The van der Waals surface area contributed by atoms with E-state index in [2.05, 4.69) is 9.72 Å². The summed E-state index contributed by atoms with van der Waals surface area (Å²) in [5.41, 5.74) is 0.348. The third-order valence-corrected chi connectivity index (χ3v) is 3.64. The van der Waals surface area contributed by atoms with Crippen LogP contribution in [-0.2, 0) is 14.9 Å². The van der Waals surface area contributed by atoms with Gasteiger partial charge in [0.25, 0.3) is 0 Å². The van der Waals surface area contributed by atoms with Gasteiger partial charge in [0.2, 0.25) is 0 Å². The molecular formula is C10H13NO3S. The normalized spacial score (nSPS) is 19.7. The number of methoxy groups -OCH3 is 1. The second-order valence-electron chi connectivity index (χ2n) is 3.83. The molecule has 1 atom stereocenters. The zero-order valence-electron chi connectivity index (χ0n) is 8.69. The number of aryl methyl sites for hydroxylation is 1. The summed E-state index contributed by atoms with van der Waals surface area (Å²) in [7, 11) is 1.29. The lowest BCUT2D eigenvalue weighted by Crippen LogP contribution is -2.35. The second-order valence-corrected chi connectivity index (χ2v) is 4.90. The van der Waals surface area contributed by atoms with E-state index in [1.54, 1.807) is 0 Å². The van der Waals surface area contributed by atoms with E-state index in [4.69, 9.17) is 0 Å². The molecule has 1 aliphatic carbocycles. The Kier molecular flexibility index (Phi) is 2.52. The van der Waals surface area contributed by atoms with Crippen molar-refractivity contribution in [2.45, 2.75) is 31.3 Å². The smallest absolute Gasteiger partial charge is 0.335 e. The van der Waals surface area contributed by atoms with Crippen LogP contribution >= 0.6 is 11.3 Å². The fourth-order valence-electron chi connectivity index (χ4n) is 1.73. The lowest BCUT2D eigenvalue weighted by molar-refractivity contribution is -0.152. The fraction of sp³-hybridized carbons (Fsp3) is 0.600. The first-order valence-electron chi connectivity index (χ1n) is 4.78. The van der Waals surface area contributed by atoms with Gasteiger partial charge in [0, 0.05) is 5.38 Å². The van der Waals surface area contributed by atoms with Gasteiger partial charge in [0.05, 0.1) is 23.2 Å². The number of aromatic nitrogens is 1. The molecule has 1 aliphatic rings. The molecule has 5 heteroatoms. The van der Waals surface area contributed by atoms with Crippen LogP contribution in [0.5, 0.6) is 0 Å². The van der Waals surface area contributed by atoms with Crippen molar-refractivity contribution in [1.29, 1.82) is 0 Å². The molecule has 0 bridgehead atoms. The van der Waals surface area contributed by atoms with E-state index >= 15 is 0 Å². The Morgan fingerprint density at radius 3 is 2.80 bits per heavy atom. The van der Waals surface area contributed by atoms with Gasteiger partial charge in [-0.3, -0.25) is 0 Å². The molecule has 0 saturated heterocycles. The number of thiazole rings is 1. The van der Waals surface area contributed by atoms with Gasteiger partial charge in [-0.05, 0) is 19.8 Å². The first-order chi connectivity index (χ1) is 7.10. The molecule has 15 heavy (non-hydrogen) atoms. The van der Waals surface area contributed by atoms with Crippen molar-refractivity contribution in [3.05, 3.63) is 16.1 Å². The molecule has 0 aliphatic heterocycles. The summed E-state index contributed by atoms with van der Waals surface area (Å²) in [4.78, 5) is 15.6. The van der Waals surface area contributed by atoms with E-state index < -0.39 is 17.5 Å². The molecule has 0 spiro atoms. The Balaban J connectivity index is 2.24. The summed E-state index contributed by atoms with van der Waals surface area (Å²) in [5.74, 6) is -0.571. The molecular weight excluding hydrogens is 214 g/mol. The van der Waals surface area contributed by atoms with Crippen molar-refractivity contribution in [1.82, 2.24) is 4.98 Å². The van der Waals surface area contributed by atoms with Crippen LogP contribution in [-0.4, -0.2) is 29.3 Å². The topological polar surface area (TPSA) is 59.4 Å². The number of carbonyl (C=O) groups is 1. The van der Waals surface area contributed by atoms with Crippen LogP contribution < -0.4 is 0 Å². The molecule has 1 aromatic heterocycles. The lowest BCUT2D eigenvalue weighted by Gasteiger charge is -2.17. The first kappa shape index (κ1) is 10.6. The quantitative estimate of drug-likeness (QED) is 0.783. The standard InChI is InChI=1S/C10H13NO3S/c1-6-11-7(5-15-6)10(3-4-10)8(12)9(13)14-2/h5,8,12H,3-4H2,1-2H3. The predicted octanol–water partition coefficient (Wildman–Crippen LogP) is 1.02. The number of hydrogen-bond acceptors (Lipinski definition) is 5. The summed E-state index contributed by atoms with van der Waals surface area (Å²) >= 11 is 1.53. The average Bonchev–Trinajstić information content (AvgIpc) is 2.94. The van der Waals surface area contributed by atoms with Gasteiger partial charge in [0.15, 0.2) is 6.10 Å². The summed E-state index contributed by atoms with van der Waals surface area (Å²) < 4.78 is 4.55. The molecule has 0 aromatic carbocycles. The summed E-state index contributed by atoms with van der Waals surface area (Å²) in [6.45, 7) is 1.91. The highest BCUT2D eigenvalue weighted by Crippen LogP contribution is 2.51. The maximum Gasteiger partial charge on any atom is 0.335 e. The van der Waals surface area contributed by atoms with Crippen LogP contribution in [0.25, 0.3) is 0 Å². The Bertz CT molecular complexity index is 384. The number of carbonyl (C=O) groups excluding carboxylic acids is 1. The first-order valence-corrected chi connectivity index (χ1v) is 5.66. The molecule has 82 valence electrons. The minimum absolute atomic E-state index is 0.474. The highest BCUT2D eigenvalue weighted by atomic mass is 32.1. The van der Waals surface area contributed by atoms with E-state index in [1.807, 2.05) is 12.3 Å². The van der Waals surface area contributed by atoms with Crippen LogP contribution in [0, 0.1) is 6.92 Å². The average molecular weight is 227 g/mol. The highest BCUT2D eigenvalue weighted by molar-refractivity contribution is 7.09. The van der Waals surface area contributed by atoms with Crippen molar-refractivity contribution in [3.63, 3.8) is 0 Å². The largest absolute Gasteiger partial charge is 0.467 e. The van der Waals surface area contributed by atoms with Crippen LogP contribution in [0.1, 0.15) is 23.5 Å². The van der Waals surface area contributed by atoms with Gasteiger partial charge >= 0.3 is 5.97 Å². The molecule has 0 radical (unpaired) electrons. The minimum Gasteiger partial charge on any atom is -0.467 e. The summed E-state index contributed by atoms with van der Waals surface area (Å²) in [5, 5.41) is 12.7. The third-order valence-electron chi connectivity index (χ3n) is 2.87. The number of hydrogen-bond donors (Lipinski definition) is 1. The Labute approximate surface area is 91.9 Å². The van der Waals surface area contributed by atoms with Crippen LogP contribution in [0.3, 0.4) is 0 Å². The Morgan fingerprint density at radius 2 is 2.40 bits per heavy atom. The summed E-state index contributed by atoms with van der Waals surface area (Å²) in [6, 6.07) is 0. The number of nitrogens with zero attached hydrogens (tertiary/aromatic N) is 1. The molecule has 0 amide bonds. The van der Waals surface area contributed by atoms with Gasteiger partial charge in [-0.2, -0.15) is 0 Å². The number of rotatable bonds is 3. The third kappa shape index (κ3) is 1.66. The zero-order valence-corrected chi connectivity index (χ0v) is 9.50. The molecule has 1 heterocycles. The maximum absolute atomic E-state index is 11.3. The summed E-state index contributed by atoms with van der Waals surface area (Å²) in [6.07, 6.45) is 0.516. The van der Waals surface area contributed by atoms with E-state index in [-0.39, 0.29) is 0 Å². The second kappa shape index (κ2) is 3.57. The maximum atomic E-state index is 11.3. The van der Waals surface area contributed by atoms with Crippen molar-refractivity contribution in [2.24, 2.45) is 0 Å². The van der Waals surface area contributed by atoms with Gasteiger partial charge in [-0.15, -0.1) is 11.3 Å². The fourth-order valence-corrected chi connectivity index (χ4v) is 2.45. The van der Waals surface area contributed by atoms with Crippen molar-refractivity contribution >= 4 is 17.3 Å². The SMILES string of the molecule is COC(=O)C(O)C1(c2csc(C)n2)CC1. The van der Waals surface area contributed by atoms with Crippen molar-refractivity contribution in [2.75, 3.05) is 7.11 Å². The minimum atomic E-state index is -1.08. The number of ether oxygens (including phenoxy) is 1. The monoisotopic (exact) mass is 227 g/mol. The molecule has 1 aromatic rings. The zero-order chi connectivity index (χ0) is 11.1. The predicted molar refractivity (Wildman–Crippen MR) is 55.8 cm³/mol. The molecule has 1 N–H and O–H groups in total. The molecule has 1 saturated carbocycles. The highest BCUT2D eigenvalue weighted by Gasteiger charge is 2.55. The number of aliphatic hydroxyl groups excluding tert-OH is 1. The van der Waals surface area contributed by atoms with Gasteiger partial charge < -0.3 is 9.84 Å². The van der Waals surface area contributed by atoms with Crippen molar-refractivity contribution in [3.8, 4) is 0 Å². The van der Waals surface area contributed by atoms with Gasteiger partial charge in [-0.25, -0.2) is 9.78 Å². The van der Waals surface area contributed by atoms with E-state index in [0.717, 1.165) is 23.5 Å². The number of aliphatic hydroxyl groups is 1. The Hall–Kier alpha value is -0.940. The van der Waals surface area contributed by atoms with Crippen LogP contribution in [0.2, 0.25) is 0 Å². The molecule has 4 nitrogen and oxygen atoms in total. The van der Waals surface area contributed by atoms with Gasteiger partial charge in [0.1, 0.15) is 0 Å². The van der Waals surface area contributed by atoms with Gasteiger partial charge in [-0.1, -0.05) is 0 Å². The molecule has 1 unspecified atom stereocenters. The van der Waals surface area contributed by atoms with Crippen molar-refractivity contribution < 1.29 is 14.6 Å².